The van der Waals surface area contributed by atoms with Gasteiger partial charge in [-0.1, -0.05) is 30.3 Å². The minimum Gasteiger partial charge on any atom is -0.354 e. The maximum absolute atomic E-state index is 11.3. The summed E-state index contributed by atoms with van der Waals surface area (Å²) in [5.41, 5.74) is 6.25. The molecule has 1 aromatic carbocycles. The molecule has 1 atom stereocenters. The molecule has 21 heavy (non-hydrogen) atoms. The van der Waals surface area contributed by atoms with Crippen molar-refractivity contribution in [3.05, 3.63) is 35.9 Å². The molecule has 1 amide bonds. The Kier molecular flexibility index (Phi) is 11.8. The van der Waals surface area contributed by atoms with Crippen LogP contribution < -0.4 is 11.1 Å². The van der Waals surface area contributed by atoms with E-state index in [-0.39, 0.29) is 11.9 Å². The molecule has 0 saturated carbocycles. The summed E-state index contributed by atoms with van der Waals surface area (Å²) in [6.07, 6.45) is 2.02. The van der Waals surface area contributed by atoms with E-state index in [1.165, 1.54) is 5.56 Å². The van der Waals surface area contributed by atoms with Crippen LogP contribution in [0.15, 0.2) is 30.3 Å². The number of hydrogen-bond acceptors (Lipinski definition) is 3. The van der Waals surface area contributed by atoms with Crippen LogP contribution >= 0.6 is 0 Å². The Morgan fingerprint density at radius 3 is 2.38 bits per heavy atom. The van der Waals surface area contributed by atoms with E-state index in [0.29, 0.717) is 25.1 Å². The zero-order chi connectivity index (χ0) is 16.1. The van der Waals surface area contributed by atoms with Gasteiger partial charge in [0.25, 0.3) is 0 Å². The molecule has 0 aliphatic rings. The van der Waals surface area contributed by atoms with E-state index in [2.05, 4.69) is 5.32 Å². The first kappa shape index (κ1) is 19.8. The lowest BCUT2D eigenvalue weighted by Crippen LogP contribution is -2.30. The Labute approximate surface area is 129 Å². The predicted octanol–water partition coefficient (Wildman–Crippen LogP) is 1.70. The van der Waals surface area contributed by atoms with Gasteiger partial charge >= 0.3 is 0 Å². The lowest BCUT2D eigenvalue weighted by Gasteiger charge is -2.07. The van der Waals surface area contributed by atoms with Crippen LogP contribution in [-0.2, 0) is 22.3 Å². The topological polar surface area (TPSA) is 92.4 Å². The minimum absolute atomic E-state index is 0.129. The van der Waals surface area contributed by atoms with Crippen molar-refractivity contribution < 1.29 is 13.6 Å². The van der Waals surface area contributed by atoms with Crippen molar-refractivity contribution in [1.29, 1.82) is 0 Å². The molecule has 0 radical (unpaired) electrons. The van der Waals surface area contributed by atoms with Gasteiger partial charge in [0, 0.05) is 12.5 Å². The third-order valence-electron chi connectivity index (χ3n) is 2.46. The van der Waals surface area contributed by atoms with Crippen LogP contribution in [0, 0.1) is 0 Å². The van der Waals surface area contributed by atoms with E-state index in [1.807, 2.05) is 44.2 Å². The van der Waals surface area contributed by atoms with Crippen molar-refractivity contribution >= 4 is 17.0 Å². The van der Waals surface area contributed by atoms with Crippen LogP contribution in [0.1, 0.15) is 32.3 Å². The lowest BCUT2D eigenvalue weighted by atomic mass is 10.1. The fourth-order valence-electron chi connectivity index (χ4n) is 1.50. The molecule has 0 aliphatic heterocycles. The first-order chi connectivity index (χ1) is 9.95. The standard InChI is InChI=1S/C12H17NO.C3H9NO2S/c1-10(2)13-12(14)9-8-11-6-4-3-5-7-11;4-2-1-3-7(5)6/h3-7,10H,8-9H2,1-2H3,(H,13,14);1-4H2,(H,5,6). The molecular weight excluding hydrogens is 288 g/mol. The molecule has 1 aromatic rings. The number of carbonyl (C=O) groups is 1. The monoisotopic (exact) mass is 314 g/mol. The highest BCUT2D eigenvalue weighted by atomic mass is 32.2. The van der Waals surface area contributed by atoms with E-state index >= 15 is 0 Å². The zero-order valence-electron chi connectivity index (χ0n) is 12.7. The van der Waals surface area contributed by atoms with E-state index < -0.39 is 11.1 Å². The molecule has 4 N–H and O–H groups in total. The number of rotatable bonds is 7. The van der Waals surface area contributed by atoms with E-state index in [0.717, 1.165) is 6.42 Å². The van der Waals surface area contributed by atoms with Gasteiger partial charge in [0.15, 0.2) is 11.1 Å². The second kappa shape index (κ2) is 12.5. The fraction of sp³-hybridized carbons (Fsp3) is 0.533. The quantitative estimate of drug-likeness (QED) is 0.668. The molecule has 0 aliphatic carbocycles. The van der Waals surface area contributed by atoms with E-state index in [4.69, 9.17) is 10.3 Å². The van der Waals surface area contributed by atoms with Crippen LogP contribution in [0.4, 0.5) is 0 Å². The number of amides is 1. The summed E-state index contributed by atoms with van der Waals surface area (Å²) in [6, 6.07) is 10.3. The van der Waals surface area contributed by atoms with Gasteiger partial charge in [-0.3, -0.25) is 4.79 Å². The third-order valence-corrected chi connectivity index (χ3v) is 3.09. The normalized spacial score (nSPS) is 11.5. The Morgan fingerprint density at radius 2 is 1.95 bits per heavy atom. The Morgan fingerprint density at radius 1 is 1.33 bits per heavy atom. The number of nitrogens with one attached hydrogen (secondary N) is 1. The molecule has 1 rings (SSSR count). The fourth-order valence-corrected chi connectivity index (χ4v) is 1.92. The molecule has 0 bridgehead atoms. The van der Waals surface area contributed by atoms with Crippen LogP contribution in [0.2, 0.25) is 0 Å². The Hall–Kier alpha value is -1.24. The summed E-state index contributed by atoms with van der Waals surface area (Å²) in [7, 11) is 0. The molecule has 0 saturated heterocycles. The molecule has 1 unspecified atom stereocenters. The zero-order valence-corrected chi connectivity index (χ0v) is 13.6. The predicted molar refractivity (Wildman–Crippen MR) is 87.4 cm³/mol. The van der Waals surface area contributed by atoms with Crippen molar-refractivity contribution in [2.75, 3.05) is 12.3 Å². The highest BCUT2D eigenvalue weighted by Crippen LogP contribution is 2.02. The average Bonchev–Trinajstić information content (AvgIpc) is 2.44. The maximum atomic E-state index is 11.3. The van der Waals surface area contributed by atoms with Crippen LogP contribution in [-0.4, -0.2) is 33.0 Å². The van der Waals surface area contributed by atoms with Crippen LogP contribution in [0.5, 0.6) is 0 Å². The summed E-state index contributed by atoms with van der Waals surface area (Å²) < 4.78 is 17.9. The third kappa shape index (κ3) is 13.5. The van der Waals surface area contributed by atoms with Crippen molar-refractivity contribution in [2.24, 2.45) is 5.73 Å². The van der Waals surface area contributed by atoms with Gasteiger partial charge in [0.2, 0.25) is 5.91 Å². The highest BCUT2D eigenvalue weighted by molar-refractivity contribution is 7.79. The second-order valence-corrected chi connectivity index (χ2v) is 5.93. The van der Waals surface area contributed by atoms with Gasteiger partial charge in [0.1, 0.15) is 0 Å². The molecule has 0 aromatic heterocycles. The van der Waals surface area contributed by atoms with Gasteiger partial charge in [-0.05, 0) is 38.8 Å². The van der Waals surface area contributed by atoms with Gasteiger partial charge in [0.05, 0.1) is 5.75 Å². The minimum atomic E-state index is -1.65. The SMILES string of the molecule is CC(C)NC(=O)CCc1ccccc1.NCCCS(=O)O. The number of hydrogen-bond donors (Lipinski definition) is 3. The molecular formula is C15H26N2O3S. The average molecular weight is 314 g/mol. The van der Waals surface area contributed by atoms with Crippen molar-refractivity contribution in [2.45, 2.75) is 39.2 Å². The Bertz CT molecular complexity index is 411. The van der Waals surface area contributed by atoms with Gasteiger partial charge in [-0.2, -0.15) is 0 Å². The van der Waals surface area contributed by atoms with Gasteiger partial charge in [-0.15, -0.1) is 0 Å². The number of benzene rings is 1. The smallest absolute Gasteiger partial charge is 0.220 e. The van der Waals surface area contributed by atoms with Gasteiger partial charge in [-0.25, -0.2) is 4.21 Å². The van der Waals surface area contributed by atoms with Gasteiger partial charge < -0.3 is 15.6 Å². The summed E-state index contributed by atoms with van der Waals surface area (Å²) in [5.74, 6) is 0.431. The molecule has 5 nitrogen and oxygen atoms in total. The number of carbonyl (C=O) groups excluding carboxylic acids is 1. The molecule has 0 heterocycles. The van der Waals surface area contributed by atoms with Crippen LogP contribution in [0.25, 0.3) is 0 Å². The largest absolute Gasteiger partial charge is 0.354 e. The first-order valence-electron chi connectivity index (χ1n) is 7.06. The molecule has 6 heteroatoms. The Balaban J connectivity index is 0.000000486. The number of aryl methyl sites for hydroxylation is 1. The van der Waals surface area contributed by atoms with Crippen molar-refractivity contribution in [1.82, 2.24) is 5.32 Å². The van der Waals surface area contributed by atoms with Crippen molar-refractivity contribution in [3.8, 4) is 0 Å². The summed E-state index contributed by atoms with van der Waals surface area (Å²) in [6.45, 7) is 4.44. The summed E-state index contributed by atoms with van der Waals surface area (Å²) in [5, 5.41) is 2.87. The summed E-state index contributed by atoms with van der Waals surface area (Å²) in [4.78, 5) is 11.3. The van der Waals surface area contributed by atoms with Crippen LogP contribution in [0.3, 0.4) is 0 Å². The first-order valence-corrected chi connectivity index (χ1v) is 8.34. The molecule has 0 fully saturated rings. The lowest BCUT2D eigenvalue weighted by molar-refractivity contribution is -0.121. The molecule has 120 valence electrons. The molecule has 0 spiro atoms. The summed E-state index contributed by atoms with van der Waals surface area (Å²) >= 11 is -1.65. The van der Waals surface area contributed by atoms with Crippen molar-refractivity contribution in [3.63, 3.8) is 0 Å². The van der Waals surface area contributed by atoms with E-state index in [1.54, 1.807) is 0 Å². The number of nitrogens with two attached hydrogens (primary N) is 1. The maximum Gasteiger partial charge on any atom is 0.220 e. The van der Waals surface area contributed by atoms with E-state index in [9.17, 15) is 9.00 Å². The highest BCUT2D eigenvalue weighted by Gasteiger charge is 2.02. The second-order valence-electron chi connectivity index (χ2n) is 4.88.